The van der Waals surface area contributed by atoms with Gasteiger partial charge in [0.1, 0.15) is 10.7 Å². The Hall–Kier alpha value is -3.20. The highest BCUT2D eigenvalue weighted by molar-refractivity contribution is 7.18. The molecule has 0 atom stereocenters. The third-order valence-corrected chi connectivity index (χ3v) is 4.57. The number of carboxylic acid groups (broad SMARTS) is 1. The molecular weight excluding hydrogens is 379 g/mol. The third kappa shape index (κ3) is 4.32. The lowest BCUT2D eigenvalue weighted by Crippen LogP contribution is -2.21. The molecule has 0 radical (unpaired) electrons. The first-order valence-electron chi connectivity index (χ1n) is 7.60. The van der Waals surface area contributed by atoms with Crippen molar-refractivity contribution in [1.82, 2.24) is 15.0 Å². The average molecular weight is 391 g/mol. The summed E-state index contributed by atoms with van der Waals surface area (Å²) in [4.78, 5) is 22.1. The Morgan fingerprint density at radius 2 is 1.78 bits per heavy atom. The van der Waals surface area contributed by atoms with Gasteiger partial charge >= 0.3 is 12.1 Å². The van der Waals surface area contributed by atoms with E-state index < -0.39 is 12.1 Å². The van der Waals surface area contributed by atoms with Crippen molar-refractivity contribution in [2.24, 2.45) is 0 Å². The summed E-state index contributed by atoms with van der Waals surface area (Å²) in [6, 6.07) is 14.4. The fourth-order valence-electron chi connectivity index (χ4n) is 2.29. The Balaban J connectivity index is 0.000000260. The van der Waals surface area contributed by atoms with Gasteiger partial charge in [0, 0.05) is 35.1 Å². The van der Waals surface area contributed by atoms with Crippen molar-refractivity contribution in [3.05, 3.63) is 61.1 Å². The first kappa shape index (κ1) is 18.6. The van der Waals surface area contributed by atoms with Gasteiger partial charge in [0.2, 0.25) is 0 Å². The van der Waals surface area contributed by atoms with E-state index in [9.17, 15) is 13.2 Å². The van der Waals surface area contributed by atoms with Crippen LogP contribution in [0.1, 0.15) is 0 Å². The molecule has 3 aromatic heterocycles. The molecule has 2 N–H and O–H groups in total. The number of pyridine rings is 1. The number of hydrogen-bond donors (Lipinski definition) is 2. The van der Waals surface area contributed by atoms with Gasteiger partial charge in [-0.1, -0.05) is 30.3 Å². The Bertz CT molecular complexity index is 1060. The van der Waals surface area contributed by atoms with E-state index in [4.69, 9.17) is 9.90 Å². The zero-order chi connectivity index (χ0) is 19.4. The van der Waals surface area contributed by atoms with Crippen molar-refractivity contribution in [3.63, 3.8) is 0 Å². The SMILES string of the molecule is O=C(O)C(F)(F)F.c1ccc(-c2ncc(-c3ccnc4[nH]ccc34)s2)cc1. The predicted octanol–water partition coefficient (Wildman–Crippen LogP) is 4.99. The molecule has 0 fully saturated rings. The zero-order valence-corrected chi connectivity index (χ0v) is 14.4. The smallest absolute Gasteiger partial charge is 0.475 e. The number of benzene rings is 1. The molecule has 0 aliphatic rings. The van der Waals surface area contributed by atoms with Crippen molar-refractivity contribution < 1.29 is 23.1 Å². The second kappa shape index (κ2) is 7.58. The van der Waals surface area contributed by atoms with Crippen molar-refractivity contribution in [2.75, 3.05) is 0 Å². The Labute approximate surface area is 155 Å². The number of nitrogens with zero attached hydrogens (tertiary/aromatic N) is 2. The first-order chi connectivity index (χ1) is 12.9. The summed E-state index contributed by atoms with van der Waals surface area (Å²) in [5.41, 5.74) is 3.25. The highest BCUT2D eigenvalue weighted by Gasteiger charge is 2.38. The number of carboxylic acids is 1. The number of nitrogens with one attached hydrogen (secondary N) is 1. The highest BCUT2D eigenvalue weighted by atomic mass is 32.1. The maximum atomic E-state index is 10.6. The van der Waals surface area contributed by atoms with Gasteiger partial charge < -0.3 is 10.1 Å². The maximum absolute atomic E-state index is 10.6. The van der Waals surface area contributed by atoms with Gasteiger partial charge in [-0.05, 0) is 12.1 Å². The number of halogens is 3. The van der Waals surface area contributed by atoms with Gasteiger partial charge in [-0.25, -0.2) is 14.8 Å². The first-order valence-corrected chi connectivity index (χ1v) is 8.42. The number of thiazole rings is 1. The second-order valence-corrected chi connectivity index (χ2v) is 6.33. The lowest BCUT2D eigenvalue weighted by atomic mass is 10.2. The molecule has 0 spiro atoms. The third-order valence-electron chi connectivity index (χ3n) is 3.49. The number of aromatic amines is 1. The van der Waals surface area contributed by atoms with Gasteiger partial charge in [0.25, 0.3) is 0 Å². The van der Waals surface area contributed by atoms with Crippen LogP contribution in [-0.4, -0.2) is 32.2 Å². The number of hydrogen-bond acceptors (Lipinski definition) is 4. The summed E-state index contributed by atoms with van der Waals surface area (Å²) in [5.74, 6) is -2.76. The van der Waals surface area contributed by atoms with Crippen molar-refractivity contribution in [2.45, 2.75) is 6.18 Å². The van der Waals surface area contributed by atoms with E-state index in [1.165, 1.54) is 5.56 Å². The minimum absolute atomic E-state index is 0.914. The van der Waals surface area contributed by atoms with E-state index in [2.05, 4.69) is 33.2 Å². The van der Waals surface area contributed by atoms with E-state index in [-0.39, 0.29) is 0 Å². The highest BCUT2D eigenvalue weighted by Crippen LogP contribution is 2.34. The van der Waals surface area contributed by atoms with E-state index in [1.807, 2.05) is 42.9 Å². The lowest BCUT2D eigenvalue weighted by Gasteiger charge is -1.98. The lowest BCUT2D eigenvalue weighted by molar-refractivity contribution is -0.192. The standard InChI is InChI=1S/C16H11N3S.C2HF3O2/c1-2-4-11(5-3-1)16-19-10-14(20-16)12-6-8-17-15-13(12)7-9-18-15;3-2(4,5)1(6)7/h1-10H,(H,17,18);(H,6,7). The van der Waals surface area contributed by atoms with Gasteiger partial charge in [-0.3, -0.25) is 0 Å². The van der Waals surface area contributed by atoms with Gasteiger partial charge in [0.05, 0.1) is 4.88 Å². The van der Waals surface area contributed by atoms with Crippen molar-refractivity contribution in [3.8, 4) is 21.0 Å². The molecular formula is C18H12F3N3O2S. The fraction of sp³-hybridized carbons (Fsp3) is 0.0556. The number of carbonyl (C=O) groups is 1. The van der Waals surface area contributed by atoms with Crippen LogP contribution in [0.3, 0.4) is 0 Å². The predicted molar refractivity (Wildman–Crippen MR) is 96.3 cm³/mol. The molecule has 1 aromatic carbocycles. The molecule has 0 amide bonds. The van der Waals surface area contributed by atoms with Crippen LogP contribution in [0.25, 0.3) is 32.0 Å². The number of alkyl halides is 3. The zero-order valence-electron chi connectivity index (χ0n) is 13.6. The topological polar surface area (TPSA) is 78.9 Å². The van der Waals surface area contributed by atoms with Crippen molar-refractivity contribution >= 4 is 28.3 Å². The Morgan fingerprint density at radius 1 is 1.07 bits per heavy atom. The average Bonchev–Trinajstić information content (AvgIpc) is 3.31. The molecule has 0 aliphatic heterocycles. The van der Waals surface area contributed by atoms with Crippen LogP contribution in [0.4, 0.5) is 13.2 Å². The summed E-state index contributed by atoms with van der Waals surface area (Å²) in [6.07, 6.45) is 0.602. The van der Waals surface area contributed by atoms with Crippen LogP contribution in [0.15, 0.2) is 61.1 Å². The summed E-state index contributed by atoms with van der Waals surface area (Å²) >= 11 is 1.70. The number of aromatic nitrogens is 3. The number of H-pyrrole nitrogens is 1. The summed E-state index contributed by atoms with van der Waals surface area (Å²) in [7, 11) is 0. The normalized spacial score (nSPS) is 11.1. The van der Waals surface area contributed by atoms with Gasteiger partial charge in [-0.2, -0.15) is 13.2 Å². The summed E-state index contributed by atoms with van der Waals surface area (Å²) < 4.78 is 31.7. The van der Waals surface area contributed by atoms with Crippen LogP contribution in [0, 0.1) is 0 Å². The molecule has 0 unspecified atom stereocenters. The molecule has 0 bridgehead atoms. The summed E-state index contributed by atoms with van der Waals surface area (Å²) in [6.45, 7) is 0. The molecule has 27 heavy (non-hydrogen) atoms. The molecule has 3 heterocycles. The second-order valence-electron chi connectivity index (χ2n) is 5.30. The minimum Gasteiger partial charge on any atom is -0.475 e. The molecule has 0 saturated carbocycles. The Kier molecular flexibility index (Phi) is 5.22. The van der Waals surface area contributed by atoms with Gasteiger partial charge in [0.15, 0.2) is 0 Å². The minimum atomic E-state index is -5.08. The molecule has 138 valence electrons. The molecule has 9 heteroatoms. The molecule has 4 aromatic rings. The summed E-state index contributed by atoms with van der Waals surface area (Å²) in [5, 5.41) is 9.30. The van der Waals surface area contributed by atoms with Crippen LogP contribution in [-0.2, 0) is 4.79 Å². The number of aliphatic carboxylic acids is 1. The Morgan fingerprint density at radius 3 is 2.44 bits per heavy atom. The van der Waals surface area contributed by atoms with E-state index in [0.717, 1.165) is 26.5 Å². The van der Waals surface area contributed by atoms with Crippen LogP contribution in [0.2, 0.25) is 0 Å². The molecule has 5 nitrogen and oxygen atoms in total. The van der Waals surface area contributed by atoms with E-state index >= 15 is 0 Å². The number of fused-ring (bicyclic) bond motifs is 1. The van der Waals surface area contributed by atoms with E-state index in [0.29, 0.717) is 0 Å². The van der Waals surface area contributed by atoms with Crippen LogP contribution < -0.4 is 0 Å². The van der Waals surface area contributed by atoms with Gasteiger partial charge in [-0.15, -0.1) is 11.3 Å². The largest absolute Gasteiger partial charge is 0.490 e. The van der Waals surface area contributed by atoms with Crippen LogP contribution >= 0.6 is 11.3 Å². The van der Waals surface area contributed by atoms with E-state index in [1.54, 1.807) is 11.3 Å². The number of rotatable bonds is 2. The quantitative estimate of drug-likeness (QED) is 0.505. The maximum Gasteiger partial charge on any atom is 0.490 e. The van der Waals surface area contributed by atoms with Crippen molar-refractivity contribution in [1.29, 1.82) is 0 Å². The molecule has 0 saturated heterocycles. The molecule has 0 aliphatic carbocycles. The monoisotopic (exact) mass is 391 g/mol. The fourth-order valence-corrected chi connectivity index (χ4v) is 3.25. The molecule has 4 rings (SSSR count). The van der Waals surface area contributed by atoms with Crippen LogP contribution in [0.5, 0.6) is 0 Å².